The van der Waals surface area contributed by atoms with E-state index in [4.69, 9.17) is 19.6 Å². The number of hydrogen-bond acceptors (Lipinski definition) is 6. The van der Waals surface area contributed by atoms with Crippen molar-refractivity contribution < 1.29 is 18.7 Å². The Morgan fingerprint density at radius 1 is 0.968 bits per heavy atom. The van der Waals surface area contributed by atoms with Gasteiger partial charge in [0.1, 0.15) is 28.9 Å². The zero-order chi connectivity index (χ0) is 21.8. The average molecular weight is 415 g/mol. The molecule has 3 aromatic carbocycles. The summed E-state index contributed by atoms with van der Waals surface area (Å²) in [5.41, 5.74) is 6.92. The molecule has 2 N–H and O–H groups in total. The molecule has 0 bridgehead atoms. The summed E-state index contributed by atoms with van der Waals surface area (Å²) in [6, 6.07) is 22.2. The number of carbonyl (C=O) groups is 1. The predicted molar refractivity (Wildman–Crippen MR) is 117 cm³/mol. The Morgan fingerprint density at radius 2 is 1.65 bits per heavy atom. The number of fused-ring (bicyclic) bond motifs is 1. The number of aryl methyl sites for hydroxylation is 1. The molecular weight excluding hydrogens is 394 g/mol. The van der Waals surface area contributed by atoms with Crippen molar-refractivity contribution in [2.75, 3.05) is 0 Å². The lowest BCUT2D eigenvalue weighted by atomic mass is 10.1. The Kier molecular flexibility index (Phi) is 5.82. The van der Waals surface area contributed by atoms with Crippen LogP contribution >= 0.6 is 0 Å². The number of benzene rings is 3. The number of rotatable bonds is 6. The van der Waals surface area contributed by atoms with E-state index in [2.05, 4.69) is 0 Å². The lowest BCUT2D eigenvalue weighted by Gasteiger charge is -2.12. The van der Waals surface area contributed by atoms with Crippen LogP contribution in [0, 0.1) is 6.92 Å². The summed E-state index contributed by atoms with van der Waals surface area (Å²) in [6.07, 6.45) is 0.363. The highest BCUT2D eigenvalue weighted by Crippen LogP contribution is 2.27. The van der Waals surface area contributed by atoms with E-state index < -0.39 is 12.0 Å². The standard InChI is InChI=1S/C25H21NO5/c1-16-24(30-18-10-6-3-7-11-18)23(27)20-13-12-19(15-22(20)29-16)31-25(28)21(26)14-17-8-4-2-5-9-17/h2-13,15,21H,14,26H2,1H3. The number of nitrogens with two attached hydrogens (primary N) is 1. The average Bonchev–Trinajstić information content (AvgIpc) is 2.78. The Bertz CT molecular complexity index is 1270. The number of carbonyl (C=O) groups excluding carboxylic acids is 1. The fourth-order valence-corrected chi connectivity index (χ4v) is 3.20. The lowest BCUT2D eigenvalue weighted by molar-refractivity contribution is -0.135. The van der Waals surface area contributed by atoms with Gasteiger partial charge in [0.15, 0.2) is 0 Å². The van der Waals surface area contributed by atoms with E-state index in [9.17, 15) is 9.59 Å². The van der Waals surface area contributed by atoms with Crippen molar-refractivity contribution >= 4 is 16.9 Å². The second-order valence-electron chi connectivity index (χ2n) is 7.11. The number of para-hydroxylation sites is 1. The fourth-order valence-electron chi connectivity index (χ4n) is 3.20. The second-order valence-corrected chi connectivity index (χ2v) is 7.11. The molecule has 4 aromatic rings. The van der Waals surface area contributed by atoms with Crippen molar-refractivity contribution in [2.24, 2.45) is 5.73 Å². The van der Waals surface area contributed by atoms with Crippen LogP contribution in [0.1, 0.15) is 11.3 Å². The molecule has 1 unspecified atom stereocenters. The van der Waals surface area contributed by atoms with E-state index in [0.717, 1.165) is 5.56 Å². The summed E-state index contributed by atoms with van der Waals surface area (Å²) in [5, 5.41) is 0.324. The molecule has 6 heteroatoms. The first-order valence-electron chi connectivity index (χ1n) is 9.83. The quantitative estimate of drug-likeness (QED) is 0.371. The minimum atomic E-state index is -0.812. The lowest BCUT2D eigenvalue weighted by Crippen LogP contribution is -2.36. The van der Waals surface area contributed by atoms with Crippen LogP contribution in [-0.4, -0.2) is 12.0 Å². The Balaban J connectivity index is 1.55. The summed E-state index contributed by atoms with van der Waals surface area (Å²) < 4.78 is 16.9. The van der Waals surface area contributed by atoms with Gasteiger partial charge in [-0.1, -0.05) is 48.5 Å². The first-order valence-corrected chi connectivity index (χ1v) is 9.83. The van der Waals surface area contributed by atoms with Gasteiger partial charge >= 0.3 is 5.97 Å². The number of esters is 1. The van der Waals surface area contributed by atoms with E-state index in [1.807, 2.05) is 48.5 Å². The number of hydrogen-bond donors (Lipinski definition) is 1. The third-order valence-corrected chi connectivity index (χ3v) is 4.77. The minimum Gasteiger partial charge on any atom is -0.457 e. The molecule has 1 aromatic heterocycles. The van der Waals surface area contributed by atoms with Crippen LogP contribution in [0.2, 0.25) is 0 Å². The molecule has 0 fully saturated rings. The molecule has 0 aliphatic heterocycles. The zero-order valence-electron chi connectivity index (χ0n) is 16.9. The normalized spacial score (nSPS) is 11.8. The molecule has 0 aliphatic carbocycles. The Morgan fingerprint density at radius 3 is 2.35 bits per heavy atom. The summed E-state index contributed by atoms with van der Waals surface area (Å²) >= 11 is 0. The van der Waals surface area contributed by atoms with Crippen molar-refractivity contribution in [3.8, 4) is 17.2 Å². The van der Waals surface area contributed by atoms with Crippen LogP contribution < -0.4 is 20.6 Å². The van der Waals surface area contributed by atoms with Crippen LogP contribution in [0.25, 0.3) is 11.0 Å². The summed E-state index contributed by atoms with van der Waals surface area (Å²) in [7, 11) is 0. The largest absolute Gasteiger partial charge is 0.457 e. The van der Waals surface area contributed by atoms with Crippen LogP contribution in [0.3, 0.4) is 0 Å². The highest BCUT2D eigenvalue weighted by molar-refractivity contribution is 5.82. The van der Waals surface area contributed by atoms with Gasteiger partial charge in [0.05, 0.1) is 5.39 Å². The molecule has 0 radical (unpaired) electrons. The maximum atomic E-state index is 12.9. The van der Waals surface area contributed by atoms with Crippen molar-refractivity contribution in [3.63, 3.8) is 0 Å². The van der Waals surface area contributed by atoms with E-state index >= 15 is 0 Å². The zero-order valence-corrected chi connectivity index (χ0v) is 16.9. The highest BCUT2D eigenvalue weighted by Gasteiger charge is 2.18. The maximum absolute atomic E-state index is 12.9. The van der Waals surface area contributed by atoms with Gasteiger partial charge in [0.2, 0.25) is 11.2 Å². The predicted octanol–water partition coefficient (Wildman–Crippen LogP) is 4.37. The van der Waals surface area contributed by atoms with Crippen molar-refractivity contribution in [1.82, 2.24) is 0 Å². The Hall–Kier alpha value is -3.90. The van der Waals surface area contributed by atoms with Crippen molar-refractivity contribution in [1.29, 1.82) is 0 Å². The number of ether oxygens (including phenoxy) is 2. The smallest absolute Gasteiger partial charge is 0.328 e. The van der Waals surface area contributed by atoms with Gasteiger partial charge < -0.3 is 19.6 Å². The van der Waals surface area contributed by atoms with E-state index in [0.29, 0.717) is 28.9 Å². The van der Waals surface area contributed by atoms with Gasteiger partial charge in [0, 0.05) is 6.07 Å². The monoisotopic (exact) mass is 415 g/mol. The van der Waals surface area contributed by atoms with Gasteiger partial charge in [-0.25, -0.2) is 4.79 Å². The van der Waals surface area contributed by atoms with Gasteiger partial charge in [-0.3, -0.25) is 4.79 Å². The molecule has 6 nitrogen and oxygen atoms in total. The van der Waals surface area contributed by atoms with Crippen molar-refractivity contribution in [3.05, 3.63) is 100 Å². The molecular formula is C25H21NO5. The summed E-state index contributed by atoms with van der Waals surface area (Å²) in [4.78, 5) is 25.3. The third kappa shape index (κ3) is 4.65. The Labute approximate surface area is 178 Å². The first-order chi connectivity index (χ1) is 15.0. The second kappa shape index (κ2) is 8.85. The molecule has 0 saturated carbocycles. The van der Waals surface area contributed by atoms with E-state index in [1.54, 1.807) is 25.1 Å². The molecule has 0 spiro atoms. The maximum Gasteiger partial charge on any atom is 0.328 e. The van der Waals surface area contributed by atoms with Crippen LogP contribution in [0.4, 0.5) is 0 Å². The highest BCUT2D eigenvalue weighted by atomic mass is 16.5. The minimum absolute atomic E-state index is 0.119. The molecule has 1 heterocycles. The molecule has 0 saturated heterocycles. The first kappa shape index (κ1) is 20.4. The van der Waals surface area contributed by atoms with Crippen molar-refractivity contribution in [2.45, 2.75) is 19.4 Å². The van der Waals surface area contributed by atoms with E-state index in [-0.39, 0.29) is 16.9 Å². The van der Waals surface area contributed by atoms with Gasteiger partial charge in [-0.2, -0.15) is 0 Å². The molecule has 0 aliphatic rings. The van der Waals surface area contributed by atoms with Gasteiger partial charge in [-0.05, 0) is 43.2 Å². The summed E-state index contributed by atoms with van der Waals surface area (Å²) in [5.74, 6) is 0.667. The molecule has 4 rings (SSSR count). The van der Waals surface area contributed by atoms with Crippen LogP contribution in [0.5, 0.6) is 17.2 Å². The van der Waals surface area contributed by atoms with Crippen LogP contribution in [0.15, 0.2) is 88.1 Å². The fraction of sp³-hybridized carbons (Fsp3) is 0.120. The van der Waals surface area contributed by atoms with Crippen LogP contribution in [-0.2, 0) is 11.2 Å². The topological polar surface area (TPSA) is 91.8 Å². The third-order valence-electron chi connectivity index (χ3n) is 4.77. The molecule has 1 atom stereocenters. The van der Waals surface area contributed by atoms with Gasteiger partial charge in [-0.15, -0.1) is 0 Å². The molecule has 0 amide bonds. The van der Waals surface area contributed by atoms with E-state index in [1.165, 1.54) is 12.1 Å². The SMILES string of the molecule is Cc1oc2cc(OC(=O)C(N)Cc3ccccc3)ccc2c(=O)c1Oc1ccccc1. The molecule has 31 heavy (non-hydrogen) atoms. The van der Waals surface area contributed by atoms with Gasteiger partial charge in [0.25, 0.3) is 0 Å². The summed E-state index contributed by atoms with van der Waals surface area (Å²) in [6.45, 7) is 1.65. The molecule has 156 valence electrons.